The summed E-state index contributed by atoms with van der Waals surface area (Å²) in [6.07, 6.45) is 0.916. The van der Waals surface area contributed by atoms with Crippen molar-refractivity contribution in [2.24, 2.45) is 0 Å². The van der Waals surface area contributed by atoms with E-state index in [4.69, 9.17) is 25.8 Å². The first kappa shape index (κ1) is 21.3. The SMILES string of the molecule is CCOc1ccc(C[C@@H](CC)N2C[C@@H](c3cccc(Cl)c3)OC2=O)c(OCC)c1. The number of halogens is 1. The third kappa shape index (κ3) is 5.15. The number of rotatable bonds is 9. The van der Waals surface area contributed by atoms with Gasteiger partial charge in [0.2, 0.25) is 0 Å². The van der Waals surface area contributed by atoms with Gasteiger partial charge in [-0.15, -0.1) is 0 Å². The second kappa shape index (κ2) is 9.88. The topological polar surface area (TPSA) is 48.0 Å². The minimum absolute atomic E-state index is 0.0174. The molecule has 0 unspecified atom stereocenters. The summed E-state index contributed by atoms with van der Waals surface area (Å²) in [6.45, 7) is 7.69. The average Bonchev–Trinajstić information content (AvgIpc) is 3.09. The van der Waals surface area contributed by atoms with Gasteiger partial charge in [0.05, 0.1) is 19.8 Å². The highest BCUT2D eigenvalue weighted by Crippen LogP contribution is 2.32. The van der Waals surface area contributed by atoms with E-state index in [0.717, 1.165) is 29.0 Å². The Morgan fingerprint density at radius 2 is 1.93 bits per heavy atom. The van der Waals surface area contributed by atoms with E-state index in [0.29, 0.717) is 31.2 Å². The van der Waals surface area contributed by atoms with Crippen LogP contribution >= 0.6 is 11.6 Å². The number of ether oxygens (including phenoxy) is 3. The van der Waals surface area contributed by atoms with Crippen LogP contribution in [0.5, 0.6) is 11.5 Å². The van der Waals surface area contributed by atoms with Gasteiger partial charge in [-0.2, -0.15) is 0 Å². The van der Waals surface area contributed by atoms with Crippen LogP contribution in [0.3, 0.4) is 0 Å². The maximum absolute atomic E-state index is 12.6. The Labute approximate surface area is 177 Å². The second-order valence-electron chi connectivity index (χ2n) is 6.98. The molecular weight excluding hydrogens is 390 g/mol. The average molecular weight is 418 g/mol. The van der Waals surface area contributed by atoms with Crippen molar-refractivity contribution in [3.05, 3.63) is 58.6 Å². The lowest BCUT2D eigenvalue weighted by Gasteiger charge is -2.25. The van der Waals surface area contributed by atoms with Crippen molar-refractivity contribution in [3.63, 3.8) is 0 Å². The van der Waals surface area contributed by atoms with Crippen LogP contribution in [0.15, 0.2) is 42.5 Å². The van der Waals surface area contributed by atoms with Gasteiger partial charge < -0.3 is 19.1 Å². The Bertz CT molecular complexity index is 841. The smallest absolute Gasteiger partial charge is 0.410 e. The molecule has 1 fully saturated rings. The molecule has 1 aliphatic rings. The molecule has 1 saturated heterocycles. The summed E-state index contributed by atoms with van der Waals surface area (Å²) in [4.78, 5) is 14.4. The highest BCUT2D eigenvalue weighted by molar-refractivity contribution is 6.30. The van der Waals surface area contributed by atoms with Gasteiger partial charge in [0, 0.05) is 17.1 Å². The summed E-state index contributed by atoms with van der Waals surface area (Å²) in [5.74, 6) is 1.59. The molecule has 0 aliphatic carbocycles. The molecule has 3 rings (SSSR count). The molecule has 0 radical (unpaired) electrons. The van der Waals surface area contributed by atoms with Gasteiger partial charge in [0.15, 0.2) is 0 Å². The van der Waals surface area contributed by atoms with E-state index in [-0.39, 0.29) is 18.2 Å². The monoisotopic (exact) mass is 417 g/mol. The molecule has 0 saturated carbocycles. The van der Waals surface area contributed by atoms with Crippen LogP contribution in [0.4, 0.5) is 4.79 Å². The Morgan fingerprint density at radius 1 is 1.14 bits per heavy atom. The molecule has 29 heavy (non-hydrogen) atoms. The first-order valence-electron chi connectivity index (χ1n) is 10.2. The molecule has 1 aliphatic heterocycles. The van der Waals surface area contributed by atoms with Crippen LogP contribution < -0.4 is 9.47 Å². The fourth-order valence-electron chi connectivity index (χ4n) is 3.64. The van der Waals surface area contributed by atoms with Crippen molar-refractivity contribution in [2.75, 3.05) is 19.8 Å². The molecular formula is C23H28ClNO4. The zero-order valence-electron chi connectivity index (χ0n) is 17.2. The van der Waals surface area contributed by atoms with E-state index < -0.39 is 0 Å². The van der Waals surface area contributed by atoms with Gasteiger partial charge in [-0.25, -0.2) is 4.79 Å². The number of nitrogens with zero attached hydrogens (tertiary/aromatic N) is 1. The minimum Gasteiger partial charge on any atom is -0.494 e. The van der Waals surface area contributed by atoms with Crippen LogP contribution in [-0.2, 0) is 11.2 Å². The standard InChI is InChI=1S/C23H28ClNO4/c1-4-19(13-17-10-11-20(27-5-2)14-21(17)28-6-3)25-15-22(29-23(25)26)16-8-7-9-18(24)12-16/h7-12,14,19,22H,4-6,13,15H2,1-3H3/t19-,22+/m1/s1. The number of cyclic esters (lactones) is 1. The molecule has 6 heteroatoms. The molecule has 0 bridgehead atoms. The van der Waals surface area contributed by atoms with Gasteiger partial charge in [-0.3, -0.25) is 0 Å². The fourth-order valence-corrected chi connectivity index (χ4v) is 3.84. The molecule has 2 atom stereocenters. The first-order valence-corrected chi connectivity index (χ1v) is 10.5. The largest absolute Gasteiger partial charge is 0.494 e. The summed E-state index contributed by atoms with van der Waals surface area (Å²) < 4.78 is 17.1. The molecule has 0 aromatic heterocycles. The summed E-state index contributed by atoms with van der Waals surface area (Å²) in [5, 5.41) is 0.639. The number of carbonyl (C=O) groups excluding carboxylic acids is 1. The summed E-state index contributed by atoms with van der Waals surface area (Å²) in [5.41, 5.74) is 1.97. The lowest BCUT2D eigenvalue weighted by Crippen LogP contribution is -2.37. The zero-order chi connectivity index (χ0) is 20.8. The molecule has 5 nitrogen and oxygen atoms in total. The molecule has 1 heterocycles. The summed E-state index contributed by atoms with van der Waals surface area (Å²) >= 11 is 6.10. The number of carbonyl (C=O) groups is 1. The van der Waals surface area contributed by atoms with Gasteiger partial charge in [-0.05, 0) is 56.0 Å². The highest BCUT2D eigenvalue weighted by atomic mass is 35.5. The fraction of sp³-hybridized carbons (Fsp3) is 0.435. The highest BCUT2D eigenvalue weighted by Gasteiger charge is 2.36. The van der Waals surface area contributed by atoms with Crippen molar-refractivity contribution in [2.45, 2.75) is 45.8 Å². The Morgan fingerprint density at radius 3 is 2.62 bits per heavy atom. The van der Waals surface area contributed by atoms with Crippen molar-refractivity contribution in [1.82, 2.24) is 4.90 Å². The summed E-state index contributed by atoms with van der Waals surface area (Å²) in [6, 6.07) is 13.4. The van der Waals surface area contributed by atoms with Crippen molar-refractivity contribution in [3.8, 4) is 11.5 Å². The number of hydrogen-bond donors (Lipinski definition) is 0. The Hall–Kier alpha value is -2.40. The van der Waals surface area contributed by atoms with Crippen molar-refractivity contribution in [1.29, 1.82) is 0 Å². The molecule has 2 aromatic rings. The Balaban J connectivity index is 1.77. The number of amides is 1. The third-order valence-electron chi connectivity index (χ3n) is 5.08. The minimum atomic E-state index is -0.304. The van der Waals surface area contributed by atoms with E-state index in [2.05, 4.69) is 6.92 Å². The van der Waals surface area contributed by atoms with E-state index in [1.807, 2.05) is 61.2 Å². The molecule has 0 spiro atoms. The number of benzene rings is 2. The first-order chi connectivity index (χ1) is 14.0. The lowest BCUT2D eigenvalue weighted by molar-refractivity contribution is 0.127. The summed E-state index contributed by atoms with van der Waals surface area (Å²) in [7, 11) is 0. The maximum atomic E-state index is 12.6. The molecule has 0 N–H and O–H groups in total. The van der Waals surface area contributed by atoms with Crippen molar-refractivity contribution >= 4 is 17.7 Å². The van der Waals surface area contributed by atoms with Gasteiger partial charge in [0.1, 0.15) is 17.6 Å². The van der Waals surface area contributed by atoms with E-state index >= 15 is 0 Å². The maximum Gasteiger partial charge on any atom is 0.410 e. The predicted molar refractivity (Wildman–Crippen MR) is 114 cm³/mol. The van der Waals surface area contributed by atoms with Crippen LogP contribution in [0.2, 0.25) is 5.02 Å². The predicted octanol–water partition coefficient (Wildman–Crippen LogP) is 5.65. The van der Waals surface area contributed by atoms with E-state index in [9.17, 15) is 4.79 Å². The second-order valence-corrected chi connectivity index (χ2v) is 7.42. The molecule has 1 amide bonds. The zero-order valence-corrected chi connectivity index (χ0v) is 17.9. The van der Waals surface area contributed by atoms with Crippen LogP contribution in [-0.4, -0.2) is 36.8 Å². The van der Waals surface area contributed by atoms with Crippen LogP contribution in [0.1, 0.15) is 44.4 Å². The van der Waals surface area contributed by atoms with E-state index in [1.165, 1.54) is 0 Å². The normalized spacial score (nSPS) is 17.2. The van der Waals surface area contributed by atoms with Crippen molar-refractivity contribution < 1.29 is 19.0 Å². The van der Waals surface area contributed by atoms with E-state index in [1.54, 1.807) is 0 Å². The molecule has 2 aromatic carbocycles. The third-order valence-corrected chi connectivity index (χ3v) is 5.31. The number of hydrogen-bond acceptors (Lipinski definition) is 4. The van der Waals surface area contributed by atoms with Crippen LogP contribution in [0.25, 0.3) is 0 Å². The quantitative estimate of drug-likeness (QED) is 0.528. The Kier molecular flexibility index (Phi) is 7.26. The molecule has 156 valence electrons. The van der Waals surface area contributed by atoms with Crippen LogP contribution in [0, 0.1) is 0 Å². The van der Waals surface area contributed by atoms with Gasteiger partial charge in [0.25, 0.3) is 0 Å². The van der Waals surface area contributed by atoms with Gasteiger partial charge >= 0.3 is 6.09 Å². The van der Waals surface area contributed by atoms with Gasteiger partial charge in [-0.1, -0.05) is 36.7 Å². The lowest BCUT2D eigenvalue weighted by atomic mass is 10.0.